The number of nitrogens with two attached hydrogens (primary N) is 1. The van der Waals surface area contributed by atoms with Crippen LogP contribution in [-0.2, 0) is 14.4 Å². The highest BCUT2D eigenvalue weighted by molar-refractivity contribution is 7.19. The van der Waals surface area contributed by atoms with Crippen LogP contribution >= 0.6 is 11.3 Å². The van der Waals surface area contributed by atoms with E-state index in [1.54, 1.807) is 38.1 Å². The van der Waals surface area contributed by atoms with Crippen molar-refractivity contribution in [2.24, 2.45) is 10.9 Å². The van der Waals surface area contributed by atoms with Gasteiger partial charge in [0, 0.05) is 0 Å². The summed E-state index contributed by atoms with van der Waals surface area (Å²) in [6.07, 6.45) is 0. The number of imide groups is 1. The number of urea groups is 1. The average molecular weight is 450 g/mol. The smallest absolute Gasteiger partial charge is 0.287 e. The standard InChI is InChI=1S/C21H18N6O4S/c1-10-7-8-11(2)13(9-10)27-19(29)16(25-26-21(31)24-22)15(17(28)20(27)30)18-23-12-5-3-4-6-14(12)32-18/h3-9,15H,22H2,1-2H3,(H2,24,26,31)/b25-16-/t15-/m0/s1. The average Bonchev–Trinajstić information content (AvgIpc) is 3.21. The number of amides is 4. The van der Waals surface area contributed by atoms with E-state index in [0.29, 0.717) is 11.1 Å². The first-order valence-electron chi connectivity index (χ1n) is 9.51. The van der Waals surface area contributed by atoms with Crippen molar-refractivity contribution in [3.05, 3.63) is 58.6 Å². The molecule has 1 aromatic heterocycles. The molecule has 1 fully saturated rings. The SMILES string of the molecule is Cc1ccc(C)c(N2C(=O)C(=O)[C@@H](c3nc4ccccc4s3)/C(=N/NC(=O)NN)C2=O)c1. The number of aryl methyl sites for hydroxylation is 2. The van der Waals surface area contributed by atoms with E-state index in [9.17, 15) is 19.2 Å². The largest absolute Gasteiger partial charge is 0.349 e. The van der Waals surface area contributed by atoms with Gasteiger partial charge in [0.2, 0.25) is 5.78 Å². The first-order chi connectivity index (χ1) is 15.3. The number of para-hydroxylation sites is 1. The summed E-state index contributed by atoms with van der Waals surface area (Å²) < 4.78 is 0.777. The predicted molar refractivity (Wildman–Crippen MR) is 119 cm³/mol. The number of fused-ring (bicyclic) bond motifs is 1. The van der Waals surface area contributed by atoms with Crippen molar-refractivity contribution < 1.29 is 19.2 Å². The van der Waals surface area contributed by atoms with Crippen molar-refractivity contribution in [1.82, 2.24) is 15.8 Å². The number of rotatable bonds is 3. The highest BCUT2D eigenvalue weighted by Crippen LogP contribution is 2.34. The van der Waals surface area contributed by atoms with Gasteiger partial charge >= 0.3 is 11.9 Å². The Balaban J connectivity index is 1.86. The quantitative estimate of drug-likeness (QED) is 0.182. The lowest BCUT2D eigenvalue weighted by molar-refractivity contribution is -0.139. The zero-order valence-electron chi connectivity index (χ0n) is 17.1. The number of hydrogen-bond acceptors (Lipinski definition) is 8. The van der Waals surface area contributed by atoms with Gasteiger partial charge < -0.3 is 0 Å². The number of anilines is 1. The first-order valence-corrected chi connectivity index (χ1v) is 10.3. The van der Waals surface area contributed by atoms with Gasteiger partial charge in [-0.25, -0.2) is 25.9 Å². The molecule has 11 heteroatoms. The second-order valence-electron chi connectivity index (χ2n) is 7.14. The van der Waals surface area contributed by atoms with E-state index in [-0.39, 0.29) is 16.4 Å². The number of hydrogen-bond donors (Lipinski definition) is 3. The Morgan fingerprint density at radius 3 is 2.59 bits per heavy atom. The summed E-state index contributed by atoms with van der Waals surface area (Å²) in [5.74, 6) is 1.01. The van der Waals surface area contributed by atoms with E-state index in [0.717, 1.165) is 15.2 Å². The molecular formula is C21H18N6O4S. The molecule has 0 spiro atoms. The minimum Gasteiger partial charge on any atom is -0.287 e. The summed E-state index contributed by atoms with van der Waals surface area (Å²) in [5, 5.41) is 4.08. The molecule has 1 saturated heterocycles. The molecule has 4 amide bonds. The third kappa shape index (κ3) is 3.63. The molecule has 2 heterocycles. The molecule has 3 aromatic rings. The number of hydrazone groups is 1. The van der Waals surface area contributed by atoms with Crippen LogP contribution in [0, 0.1) is 13.8 Å². The van der Waals surface area contributed by atoms with Crippen molar-refractivity contribution in [2.45, 2.75) is 19.8 Å². The van der Waals surface area contributed by atoms with Gasteiger partial charge in [-0.05, 0) is 43.2 Å². The summed E-state index contributed by atoms with van der Waals surface area (Å²) in [7, 11) is 0. The molecule has 0 bridgehead atoms. The number of thiazole rings is 1. The minimum atomic E-state index is -1.35. The summed E-state index contributed by atoms with van der Waals surface area (Å²) >= 11 is 1.17. The summed E-state index contributed by atoms with van der Waals surface area (Å²) in [4.78, 5) is 56.6. The third-order valence-electron chi connectivity index (χ3n) is 4.94. The molecule has 0 unspecified atom stereocenters. The van der Waals surface area contributed by atoms with Gasteiger partial charge in [0.05, 0.1) is 15.9 Å². The maximum atomic E-state index is 13.4. The normalized spacial score (nSPS) is 17.8. The zero-order chi connectivity index (χ0) is 23.0. The van der Waals surface area contributed by atoms with Gasteiger partial charge in [-0.2, -0.15) is 5.10 Å². The summed E-state index contributed by atoms with van der Waals surface area (Å²) in [5.41, 5.74) is 5.87. The van der Waals surface area contributed by atoms with Crippen LogP contribution in [-0.4, -0.2) is 34.3 Å². The fourth-order valence-corrected chi connectivity index (χ4v) is 4.44. The molecule has 0 aliphatic carbocycles. The van der Waals surface area contributed by atoms with Crippen LogP contribution < -0.4 is 21.6 Å². The number of nitrogens with zero attached hydrogens (tertiary/aromatic N) is 3. The topological polar surface area (TPSA) is 147 Å². The Bertz CT molecular complexity index is 1280. The molecule has 1 aliphatic rings. The maximum Gasteiger partial charge on any atom is 0.349 e. The van der Waals surface area contributed by atoms with Crippen LogP contribution in [0.25, 0.3) is 10.2 Å². The molecule has 1 aliphatic heterocycles. The second-order valence-corrected chi connectivity index (χ2v) is 8.20. The summed E-state index contributed by atoms with van der Waals surface area (Å²) in [6.45, 7) is 3.52. The van der Waals surface area contributed by atoms with Crippen LogP contribution in [0.1, 0.15) is 22.1 Å². The molecule has 1 atom stereocenters. The van der Waals surface area contributed by atoms with E-state index in [1.807, 2.05) is 23.6 Å². The van der Waals surface area contributed by atoms with Crippen molar-refractivity contribution in [3.63, 3.8) is 0 Å². The molecule has 0 saturated carbocycles. The molecule has 2 aromatic carbocycles. The van der Waals surface area contributed by atoms with Crippen molar-refractivity contribution >= 4 is 56.6 Å². The fraction of sp³-hybridized carbons (Fsp3) is 0.143. The highest BCUT2D eigenvalue weighted by Gasteiger charge is 2.48. The van der Waals surface area contributed by atoms with Crippen molar-refractivity contribution in [3.8, 4) is 0 Å². The van der Waals surface area contributed by atoms with E-state index >= 15 is 0 Å². The Labute approximate surface area is 186 Å². The minimum absolute atomic E-state index is 0.229. The Kier molecular flexibility index (Phi) is 5.51. The van der Waals surface area contributed by atoms with Crippen LogP contribution in [0.3, 0.4) is 0 Å². The van der Waals surface area contributed by atoms with Crippen molar-refractivity contribution in [1.29, 1.82) is 0 Å². The Morgan fingerprint density at radius 1 is 1.12 bits per heavy atom. The Hall–Kier alpha value is -3.96. The van der Waals surface area contributed by atoms with E-state index in [1.165, 1.54) is 11.3 Å². The van der Waals surface area contributed by atoms with Gasteiger partial charge in [-0.1, -0.05) is 24.3 Å². The van der Waals surface area contributed by atoms with Gasteiger partial charge in [0.15, 0.2) is 0 Å². The number of benzene rings is 2. The zero-order valence-corrected chi connectivity index (χ0v) is 17.9. The number of Topliss-reactive ketones (excluding diaryl/α,β-unsaturated/α-hetero) is 1. The van der Waals surface area contributed by atoms with E-state index in [2.05, 4.69) is 15.5 Å². The predicted octanol–water partition coefficient (Wildman–Crippen LogP) is 1.67. The van der Waals surface area contributed by atoms with Gasteiger partial charge in [0.25, 0.3) is 5.91 Å². The molecule has 0 radical (unpaired) electrons. The third-order valence-corrected chi connectivity index (χ3v) is 6.04. The van der Waals surface area contributed by atoms with Crippen LogP contribution in [0.15, 0.2) is 47.6 Å². The van der Waals surface area contributed by atoms with E-state index in [4.69, 9.17) is 5.84 Å². The number of carbonyl (C=O) groups excluding carboxylic acids is 4. The number of piperidine rings is 1. The first kappa shape index (κ1) is 21.3. The van der Waals surface area contributed by atoms with E-state index < -0.39 is 29.5 Å². The maximum absolute atomic E-state index is 13.4. The monoisotopic (exact) mass is 450 g/mol. The fourth-order valence-electron chi connectivity index (χ4n) is 3.37. The molecular weight excluding hydrogens is 432 g/mol. The number of hydrazine groups is 1. The summed E-state index contributed by atoms with van der Waals surface area (Å²) in [6, 6.07) is 11.5. The number of carbonyl (C=O) groups is 4. The lowest BCUT2D eigenvalue weighted by Gasteiger charge is -2.30. The molecule has 162 valence electrons. The van der Waals surface area contributed by atoms with Crippen LogP contribution in [0.5, 0.6) is 0 Å². The number of nitrogens with one attached hydrogen (secondary N) is 2. The van der Waals surface area contributed by atoms with Gasteiger partial charge in [0.1, 0.15) is 16.6 Å². The molecule has 4 rings (SSSR count). The number of aromatic nitrogens is 1. The van der Waals surface area contributed by atoms with Gasteiger partial charge in [-0.15, -0.1) is 11.3 Å². The van der Waals surface area contributed by atoms with Gasteiger partial charge in [-0.3, -0.25) is 19.8 Å². The highest BCUT2D eigenvalue weighted by atomic mass is 32.1. The molecule has 10 nitrogen and oxygen atoms in total. The lowest BCUT2D eigenvalue weighted by atomic mass is 9.91. The van der Waals surface area contributed by atoms with Crippen LogP contribution in [0.2, 0.25) is 0 Å². The number of ketones is 1. The van der Waals surface area contributed by atoms with Crippen LogP contribution in [0.4, 0.5) is 10.5 Å². The molecule has 4 N–H and O–H groups in total. The second kappa shape index (κ2) is 8.29. The Morgan fingerprint density at radius 2 is 1.88 bits per heavy atom. The van der Waals surface area contributed by atoms with Crippen molar-refractivity contribution in [2.75, 3.05) is 4.90 Å². The molecule has 32 heavy (non-hydrogen) atoms. The lowest BCUT2D eigenvalue weighted by Crippen LogP contribution is -2.55.